The third kappa shape index (κ3) is 5.91. The van der Waals surface area contributed by atoms with Gasteiger partial charge in [-0.1, -0.05) is 0 Å². The van der Waals surface area contributed by atoms with Crippen LogP contribution >= 0.6 is 0 Å². The van der Waals surface area contributed by atoms with Gasteiger partial charge in [0.2, 0.25) is 0 Å². The van der Waals surface area contributed by atoms with E-state index in [9.17, 15) is 39.9 Å². The zero-order valence-electron chi connectivity index (χ0n) is 19.5. The van der Waals surface area contributed by atoms with Gasteiger partial charge in [-0.25, -0.2) is 18.6 Å². The number of amides is 2. The lowest BCUT2D eigenvalue weighted by molar-refractivity contribution is -0.141. The zero-order valence-corrected chi connectivity index (χ0v) is 19.5. The van der Waals surface area contributed by atoms with Crippen LogP contribution < -0.4 is 15.5 Å². The molecule has 0 unspecified atom stereocenters. The summed E-state index contributed by atoms with van der Waals surface area (Å²) in [5.41, 5.74) is -2.77. The monoisotopic (exact) mass is 550 g/mol. The van der Waals surface area contributed by atoms with Crippen molar-refractivity contribution in [2.75, 3.05) is 23.3 Å². The minimum atomic E-state index is -4.90. The lowest BCUT2D eigenvalue weighted by Gasteiger charge is -2.39. The van der Waals surface area contributed by atoms with Crippen molar-refractivity contribution in [2.45, 2.75) is 31.7 Å². The summed E-state index contributed by atoms with van der Waals surface area (Å²) in [6, 6.07) is 1.99. The van der Waals surface area contributed by atoms with E-state index < -0.39 is 48.8 Å². The van der Waals surface area contributed by atoms with Crippen molar-refractivity contribution in [1.29, 1.82) is 0 Å². The predicted octanol–water partition coefficient (Wildman–Crippen LogP) is 4.40. The topological polar surface area (TPSA) is 101 Å². The van der Waals surface area contributed by atoms with Crippen LogP contribution in [0.1, 0.15) is 22.6 Å². The zero-order chi connectivity index (χ0) is 28.0. The maximum absolute atomic E-state index is 13.3. The first-order chi connectivity index (χ1) is 17.5. The molecule has 0 radical (unpaired) electrons. The van der Waals surface area contributed by atoms with E-state index in [0.717, 1.165) is 21.8 Å². The number of aryl methyl sites for hydroxylation is 2. The van der Waals surface area contributed by atoms with Crippen molar-refractivity contribution in [3.8, 4) is 11.3 Å². The molecule has 0 aromatic carbocycles. The first-order valence-electron chi connectivity index (χ1n) is 10.7. The molecule has 0 bridgehead atoms. The van der Waals surface area contributed by atoms with Crippen LogP contribution in [0.25, 0.3) is 11.3 Å². The number of carbonyl (C=O) groups excluding carboxylic acids is 1. The molecule has 1 aliphatic rings. The number of alkyl halides is 8. The molecule has 38 heavy (non-hydrogen) atoms. The SMILES string of the molecule is Cc1cc(CNC(=O)Nc2cc(N3CC(F)(F)C3)nc(C(F)(F)F)c2)nnc1-c1cn(C)nc1C(F)(F)F. The van der Waals surface area contributed by atoms with E-state index in [1.54, 1.807) is 0 Å². The Morgan fingerprint density at radius 1 is 1.05 bits per heavy atom. The summed E-state index contributed by atoms with van der Waals surface area (Å²) >= 11 is 0. The number of pyridine rings is 1. The molecule has 2 N–H and O–H groups in total. The standard InChI is InChI=1S/C21H18F8N8O/c1-10-3-12(33-34-16(10)13-7-36(2)35-17(13)21(27,28)29)6-30-18(38)31-11-4-14(20(24,25)26)32-15(5-11)37-8-19(22,23)9-37/h3-5,7H,6,8-9H2,1-2H3,(H2,30,31,32,38). The van der Waals surface area contributed by atoms with Gasteiger partial charge >= 0.3 is 18.4 Å². The molecule has 1 fully saturated rings. The van der Waals surface area contributed by atoms with Gasteiger partial charge < -0.3 is 15.5 Å². The average Bonchev–Trinajstić information content (AvgIpc) is 3.17. The van der Waals surface area contributed by atoms with E-state index in [2.05, 4.69) is 30.9 Å². The van der Waals surface area contributed by atoms with Crippen molar-refractivity contribution in [2.24, 2.45) is 7.05 Å². The number of urea groups is 1. The van der Waals surface area contributed by atoms with E-state index in [0.29, 0.717) is 11.6 Å². The lowest BCUT2D eigenvalue weighted by atomic mass is 10.1. The van der Waals surface area contributed by atoms with Gasteiger partial charge in [0.1, 0.15) is 11.5 Å². The van der Waals surface area contributed by atoms with E-state index in [-0.39, 0.29) is 35.0 Å². The second-order valence-electron chi connectivity index (χ2n) is 8.55. The van der Waals surface area contributed by atoms with Gasteiger partial charge in [-0.2, -0.15) is 36.5 Å². The van der Waals surface area contributed by atoms with Gasteiger partial charge in [-0.15, -0.1) is 5.10 Å². The number of aromatic nitrogens is 5. The molecular formula is C21H18F8N8O. The van der Waals surface area contributed by atoms with Gasteiger partial charge in [0.25, 0.3) is 5.92 Å². The first-order valence-corrected chi connectivity index (χ1v) is 10.7. The Kier molecular flexibility index (Phi) is 6.65. The van der Waals surface area contributed by atoms with E-state index >= 15 is 0 Å². The molecular weight excluding hydrogens is 532 g/mol. The Morgan fingerprint density at radius 2 is 1.74 bits per heavy atom. The van der Waals surface area contributed by atoms with Gasteiger partial charge in [0, 0.05) is 25.0 Å². The first kappa shape index (κ1) is 27.0. The van der Waals surface area contributed by atoms with E-state index in [1.807, 2.05) is 0 Å². The molecule has 0 aliphatic carbocycles. The normalized spacial score (nSPS) is 15.3. The third-order valence-corrected chi connectivity index (χ3v) is 5.35. The average molecular weight is 550 g/mol. The number of anilines is 2. The van der Waals surface area contributed by atoms with Crippen LogP contribution in [0.15, 0.2) is 24.4 Å². The van der Waals surface area contributed by atoms with E-state index in [4.69, 9.17) is 0 Å². The van der Waals surface area contributed by atoms with Crippen LogP contribution in [0.2, 0.25) is 0 Å². The van der Waals surface area contributed by atoms with Crippen molar-refractivity contribution >= 4 is 17.5 Å². The third-order valence-electron chi connectivity index (χ3n) is 5.35. The maximum atomic E-state index is 13.3. The highest BCUT2D eigenvalue weighted by atomic mass is 19.4. The number of nitrogens with zero attached hydrogens (tertiary/aromatic N) is 6. The summed E-state index contributed by atoms with van der Waals surface area (Å²) in [7, 11) is 1.32. The number of rotatable bonds is 5. The van der Waals surface area contributed by atoms with Crippen molar-refractivity contribution < 1.29 is 39.9 Å². The fraction of sp³-hybridized carbons (Fsp3) is 0.381. The van der Waals surface area contributed by atoms with Crippen LogP contribution in [0.5, 0.6) is 0 Å². The largest absolute Gasteiger partial charge is 0.435 e. The minimum absolute atomic E-state index is 0.0702. The Hall–Kier alpha value is -4.05. The lowest BCUT2D eigenvalue weighted by Crippen LogP contribution is -2.56. The molecule has 0 atom stereocenters. The number of hydrogen-bond donors (Lipinski definition) is 2. The van der Waals surface area contributed by atoms with Crippen molar-refractivity contribution in [3.05, 3.63) is 47.0 Å². The number of nitrogens with one attached hydrogen (secondary N) is 2. The summed E-state index contributed by atoms with van der Waals surface area (Å²) in [5.74, 6) is -3.44. The highest BCUT2D eigenvalue weighted by Crippen LogP contribution is 2.37. The van der Waals surface area contributed by atoms with Crippen LogP contribution in [0, 0.1) is 6.92 Å². The molecule has 2 amide bonds. The van der Waals surface area contributed by atoms with Gasteiger partial charge in [-0.3, -0.25) is 4.68 Å². The molecule has 4 heterocycles. The molecule has 4 rings (SSSR count). The Bertz CT molecular complexity index is 1360. The number of hydrogen-bond acceptors (Lipinski definition) is 6. The van der Waals surface area contributed by atoms with Crippen molar-refractivity contribution in [1.82, 2.24) is 30.3 Å². The van der Waals surface area contributed by atoms with E-state index in [1.165, 1.54) is 20.0 Å². The molecule has 17 heteroatoms. The molecule has 3 aromatic heterocycles. The van der Waals surface area contributed by atoms with Crippen LogP contribution in [-0.2, 0) is 25.9 Å². The predicted molar refractivity (Wildman–Crippen MR) is 116 cm³/mol. The Balaban J connectivity index is 1.46. The second-order valence-corrected chi connectivity index (χ2v) is 8.55. The number of halogens is 8. The van der Waals surface area contributed by atoms with Crippen LogP contribution in [0.4, 0.5) is 51.4 Å². The molecule has 204 valence electrons. The summed E-state index contributed by atoms with van der Waals surface area (Å²) in [6.07, 6.45) is -8.48. The van der Waals surface area contributed by atoms with Gasteiger partial charge in [-0.05, 0) is 24.6 Å². The molecule has 1 saturated heterocycles. The summed E-state index contributed by atoms with van der Waals surface area (Å²) in [5, 5.41) is 15.6. The van der Waals surface area contributed by atoms with Crippen LogP contribution in [0.3, 0.4) is 0 Å². The molecule has 1 aliphatic heterocycles. The highest BCUT2D eigenvalue weighted by Gasteiger charge is 2.45. The van der Waals surface area contributed by atoms with Crippen molar-refractivity contribution in [3.63, 3.8) is 0 Å². The Labute approximate surface area is 208 Å². The van der Waals surface area contributed by atoms with Crippen LogP contribution in [-0.4, -0.2) is 50.0 Å². The minimum Gasteiger partial charge on any atom is -0.344 e. The molecule has 3 aromatic rings. The second kappa shape index (κ2) is 9.36. The number of carbonyl (C=O) groups is 1. The summed E-state index contributed by atoms with van der Waals surface area (Å²) in [6.45, 7) is -0.423. The van der Waals surface area contributed by atoms with Gasteiger partial charge in [0.15, 0.2) is 5.69 Å². The highest BCUT2D eigenvalue weighted by molar-refractivity contribution is 5.89. The Morgan fingerprint density at radius 3 is 2.32 bits per heavy atom. The molecule has 0 spiro atoms. The summed E-state index contributed by atoms with van der Waals surface area (Å²) in [4.78, 5) is 16.6. The van der Waals surface area contributed by atoms with Gasteiger partial charge in [0.05, 0.1) is 36.6 Å². The smallest absolute Gasteiger partial charge is 0.344 e. The maximum Gasteiger partial charge on any atom is 0.435 e. The fourth-order valence-corrected chi connectivity index (χ4v) is 3.68. The molecule has 0 saturated carbocycles. The molecule has 9 nitrogen and oxygen atoms in total. The summed E-state index contributed by atoms with van der Waals surface area (Å²) < 4.78 is 107. The fourth-order valence-electron chi connectivity index (χ4n) is 3.68. The quantitative estimate of drug-likeness (QED) is 0.457.